The summed E-state index contributed by atoms with van der Waals surface area (Å²) in [4.78, 5) is 11.9. The van der Waals surface area contributed by atoms with Gasteiger partial charge in [-0.15, -0.1) is 0 Å². The molecule has 2 heterocycles. The van der Waals surface area contributed by atoms with E-state index in [9.17, 15) is 4.79 Å². The van der Waals surface area contributed by atoms with Crippen LogP contribution in [-0.4, -0.2) is 25.6 Å². The Morgan fingerprint density at radius 3 is 2.70 bits per heavy atom. The molecule has 1 aliphatic rings. The molecule has 0 radical (unpaired) electrons. The van der Waals surface area contributed by atoms with Gasteiger partial charge in [0, 0.05) is 38.3 Å². The molecule has 0 bridgehead atoms. The van der Waals surface area contributed by atoms with Crippen molar-refractivity contribution >= 4 is 17.7 Å². The second kappa shape index (κ2) is 4.99. The van der Waals surface area contributed by atoms with E-state index in [1.54, 1.807) is 28.7 Å². The fraction of sp³-hybridized carbons (Fsp3) is 0.462. The summed E-state index contributed by atoms with van der Waals surface area (Å²) in [6, 6.07) is 3.37. The monoisotopic (exact) mass is 274 g/mol. The molecule has 0 atom stereocenters. The molecule has 1 aliphatic carbocycles. The first-order valence-electron chi connectivity index (χ1n) is 6.73. The van der Waals surface area contributed by atoms with Crippen LogP contribution in [-0.2, 0) is 14.1 Å². The van der Waals surface area contributed by atoms with Crippen LogP contribution in [0.1, 0.15) is 30.9 Å². The average Bonchev–Trinajstić information content (AvgIpc) is 2.84. The van der Waals surface area contributed by atoms with E-state index >= 15 is 0 Å². The molecule has 3 rings (SSSR count). The van der Waals surface area contributed by atoms with E-state index in [1.807, 2.05) is 13.1 Å². The van der Waals surface area contributed by atoms with Crippen LogP contribution in [0.2, 0.25) is 0 Å². The summed E-state index contributed by atoms with van der Waals surface area (Å²) in [7, 11) is 3.63. The van der Waals surface area contributed by atoms with Crippen molar-refractivity contribution in [1.82, 2.24) is 19.6 Å². The Morgan fingerprint density at radius 1 is 1.30 bits per heavy atom. The molecule has 7 heteroatoms. The number of hydrogen-bond acceptors (Lipinski definition) is 3. The van der Waals surface area contributed by atoms with E-state index in [1.165, 1.54) is 19.3 Å². The summed E-state index contributed by atoms with van der Waals surface area (Å²) >= 11 is 0. The number of carbonyl (C=O) groups is 1. The Hall–Kier alpha value is -2.31. The molecule has 1 fully saturated rings. The highest BCUT2D eigenvalue weighted by atomic mass is 16.2. The summed E-state index contributed by atoms with van der Waals surface area (Å²) in [6.45, 7) is 0. The molecular weight excluding hydrogens is 256 g/mol. The predicted octanol–water partition coefficient (Wildman–Crippen LogP) is 2.07. The highest BCUT2D eigenvalue weighted by Gasteiger charge is 2.23. The molecule has 2 aromatic heterocycles. The number of nitrogens with one attached hydrogen (secondary N) is 2. The maximum absolute atomic E-state index is 11.9. The first-order chi connectivity index (χ1) is 9.61. The zero-order chi connectivity index (χ0) is 14.1. The van der Waals surface area contributed by atoms with Crippen molar-refractivity contribution in [3.05, 3.63) is 24.0 Å². The van der Waals surface area contributed by atoms with Crippen molar-refractivity contribution in [3.63, 3.8) is 0 Å². The number of amides is 2. The molecule has 7 nitrogen and oxygen atoms in total. The summed E-state index contributed by atoms with van der Waals surface area (Å²) in [5, 5.41) is 14.0. The molecule has 0 aliphatic heterocycles. The van der Waals surface area contributed by atoms with Gasteiger partial charge in [-0.2, -0.15) is 10.2 Å². The molecule has 106 valence electrons. The van der Waals surface area contributed by atoms with Crippen LogP contribution in [0.5, 0.6) is 0 Å². The van der Waals surface area contributed by atoms with Gasteiger partial charge in [0.25, 0.3) is 0 Å². The first-order valence-corrected chi connectivity index (χ1v) is 6.73. The Kier molecular flexibility index (Phi) is 3.17. The lowest BCUT2D eigenvalue weighted by molar-refractivity contribution is 0.262. The third kappa shape index (κ3) is 2.52. The fourth-order valence-corrected chi connectivity index (χ4v) is 2.26. The standard InChI is InChI=1S/C13H18N6O/c1-18-7-6-11(17-18)14-13(20)15-12-8-10(16-19(12)2)9-4-3-5-9/h6-9H,3-5H2,1-2H3,(H2,14,15,17,20). The minimum Gasteiger partial charge on any atom is -0.292 e. The lowest BCUT2D eigenvalue weighted by atomic mass is 9.83. The van der Waals surface area contributed by atoms with Crippen molar-refractivity contribution < 1.29 is 4.79 Å². The van der Waals surface area contributed by atoms with Crippen molar-refractivity contribution in [3.8, 4) is 0 Å². The highest BCUT2D eigenvalue weighted by molar-refractivity contribution is 5.98. The molecule has 1 saturated carbocycles. The zero-order valence-electron chi connectivity index (χ0n) is 11.6. The van der Waals surface area contributed by atoms with Crippen LogP contribution in [0.3, 0.4) is 0 Å². The van der Waals surface area contributed by atoms with Crippen LogP contribution in [0.15, 0.2) is 18.3 Å². The summed E-state index contributed by atoms with van der Waals surface area (Å²) in [5.41, 5.74) is 1.06. The van der Waals surface area contributed by atoms with Gasteiger partial charge in [0.1, 0.15) is 5.82 Å². The third-order valence-corrected chi connectivity index (χ3v) is 3.62. The molecule has 0 unspecified atom stereocenters. The van der Waals surface area contributed by atoms with Crippen LogP contribution in [0.25, 0.3) is 0 Å². The molecule has 0 aromatic carbocycles. The maximum atomic E-state index is 11.9. The third-order valence-electron chi connectivity index (χ3n) is 3.62. The van der Waals surface area contributed by atoms with E-state index < -0.39 is 0 Å². The van der Waals surface area contributed by atoms with Crippen molar-refractivity contribution in [2.45, 2.75) is 25.2 Å². The Bertz CT molecular complexity index is 625. The van der Waals surface area contributed by atoms with Crippen molar-refractivity contribution in [1.29, 1.82) is 0 Å². The number of rotatable bonds is 3. The van der Waals surface area contributed by atoms with Crippen LogP contribution in [0, 0.1) is 0 Å². The Balaban J connectivity index is 1.64. The van der Waals surface area contributed by atoms with Gasteiger partial charge in [-0.1, -0.05) is 6.42 Å². The molecule has 0 spiro atoms. The summed E-state index contributed by atoms with van der Waals surface area (Å²) in [6.07, 6.45) is 5.42. The van der Waals surface area contributed by atoms with E-state index in [0.29, 0.717) is 17.6 Å². The molecule has 2 amide bonds. The van der Waals surface area contributed by atoms with E-state index in [2.05, 4.69) is 20.8 Å². The molecule has 20 heavy (non-hydrogen) atoms. The summed E-state index contributed by atoms with van der Waals surface area (Å²) < 4.78 is 3.33. The minimum absolute atomic E-state index is 0.313. The van der Waals surface area contributed by atoms with Crippen LogP contribution in [0.4, 0.5) is 16.4 Å². The normalized spacial score (nSPS) is 14.9. The van der Waals surface area contributed by atoms with Crippen LogP contribution < -0.4 is 10.6 Å². The Labute approximate surface area is 117 Å². The smallest absolute Gasteiger partial charge is 0.292 e. The van der Waals surface area contributed by atoms with Gasteiger partial charge in [0.2, 0.25) is 0 Å². The fourth-order valence-electron chi connectivity index (χ4n) is 2.26. The summed E-state index contributed by atoms with van der Waals surface area (Å²) in [5.74, 6) is 1.77. The number of nitrogens with zero attached hydrogens (tertiary/aromatic N) is 4. The van der Waals surface area contributed by atoms with Gasteiger partial charge in [-0.05, 0) is 12.8 Å². The van der Waals surface area contributed by atoms with E-state index in [4.69, 9.17) is 0 Å². The zero-order valence-corrected chi connectivity index (χ0v) is 11.6. The van der Waals surface area contributed by atoms with Gasteiger partial charge in [0.05, 0.1) is 5.69 Å². The topological polar surface area (TPSA) is 76.8 Å². The van der Waals surface area contributed by atoms with E-state index in [0.717, 1.165) is 5.69 Å². The minimum atomic E-state index is -0.313. The average molecular weight is 274 g/mol. The molecule has 2 aromatic rings. The van der Waals surface area contributed by atoms with Gasteiger partial charge < -0.3 is 0 Å². The van der Waals surface area contributed by atoms with Gasteiger partial charge in [-0.3, -0.25) is 20.0 Å². The first kappa shape index (κ1) is 12.7. The lowest BCUT2D eigenvalue weighted by Gasteiger charge is -2.22. The number of aromatic nitrogens is 4. The molecule has 0 saturated heterocycles. The maximum Gasteiger partial charge on any atom is 0.326 e. The second-order valence-electron chi connectivity index (χ2n) is 5.16. The Morgan fingerprint density at radius 2 is 2.10 bits per heavy atom. The number of urea groups is 1. The number of carbonyl (C=O) groups excluding carboxylic acids is 1. The van der Waals surface area contributed by atoms with Crippen LogP contribution >= 0.6 is 0 Å². The van der Waals surface area contributed by atoms with Gasteiger partial charge >= 0.3 is 6.03 Å². The van der Waals surface area contributed by atoms with Crippen molar-refractivity contribution in [2.75, 3.05) is 10.6 Å². The molecular formula is C13H18N6O. The molecule has 2 N–H and O–H groups in total. The highest BCUT2D eigenvalue weighted by Crippen LogP contribution is 2.36. The quantitative estimate of drug-likeness (QED) is 0.899. The van der Waals surface area contributed by atoms with E-state index in [-0.39, 0.29) is 6.03 Å². The SMILES string of the molecule is Cn1ccc(NC(=O)Nc2cc(C3CCC3)nn2C)n1. The second-order valence-corrected chi connectivity index (χ2v) is 5.16. The predicted molar refractivity (Wildman–Crippen MR) is 75.6 cm³/mol. The number of aryl methyl sites for hydroxylation is 2. The number of anilines is 2. The van der Waals surface area contributed by atoms with Crippen molar-refractivity contribution in [2.24, 2.45) is 14.1 Å². The lowest BCUT2D eigenvalue weighted by Crippen LogP contribution is -2.21. The number of hydrogen-bond donors (Lipinski definition) is 2. The van der Waals surface area contributed by atoms with Gasteiger partial charge in [-0.25, -0.2) is 4.79 Å². The largest absolute Gasteiger partial charge is 0.326 e. The van der Waals surface area contributed by atoms with Gasteiger partial charge in [0.15, 0.2) is 5.82 Å².